The average Bonchev–Trinajstić information content (AvgIpc) is 2.81. The molecular formula is C28H33F3N2O2. The third-order valence-corrected chi connectivity index (χ3v) is 6.96. The zero-order valence-corrected chi connectivity index (χ0v) is 20.3. The fourth-order valence-corrected chi connectivity index (χ4v) is 5.15. The lowest BCUT2D eigenvalue weighted by Gasteiger charge is -2.43. The summed E-state index contributed by atoms with van der Waals surface area (Å²) >= 11 is 0. The number of carbonyl (C=O) groups is 1. The molecule has 4 nitrogen and oxygen atoms in total. The third kappa shape index (κ3) is 7.57. The summed E-state index contributed by atoms with van der Waals surface area (Å²) in [7, 11) is 0. The number of nitriles is 1. The predicted octanol–water partition coefficient (Wildman–Crippen LogP) is 6.85. The molecular weight excluding hydrogens is 453 g/mol. The number of benzene rings is 2. The van der Waals surface area contributed by atoms with Crippen molar-refractivity contribution in [3.8, 4) is 6.07 Å². The molecule has 0 heterocycles. The minimum Gasteiger partial charge on any atom is -0.481 e. The molecule has 188 valence electrons. The van der Waals surface area contributed by atoms with E-state index in [9.17, 15) is 28.3 Å². The van der Waals surface area contributed by atoms with Gasteiger partial charge >= 0.3 is 12.1 Å². The standard InChI is InChI=1S/C28H33F3N2O2/c1-19(2)12-13-33(18-22-5-3-4-21(14-22)17-32)26-11-6-20(16-27(34)35)15-25(26)23-7-9-24(10-8-23)28(29,30)31/h3-5,7-10,14,19-20,25-26H,6,11-13,15-16,18H2,1-2H3,(H,34,35)/t20-,25+,26-/m1/s1. The van der Waals surface area contributed by atoms with E-state index in [1.807, 2.05) is 18.2 Å². The van der Waals surface area contributed by atoms with Crippen molar-refractivity contribution in [2.45, 2.75) is 70.6 Å². The lowest BCUT2D eigenvalue weighted by atomic mass is 9.72. The van der Waals surface area contributed by atoms with Crippen molar-refractivity contribution >= 4 is 5.97 Å². The largest absolute Gasteiger partial charge is 0.481 e. The zero-order chi connectivity index (χ0) is 25.6. The first-order valence-electron chi connectivity index (χ1n) is 12.2. The number of nitrogens with zero attached hydrogens (tertiary/aromatic N) is 2. The van der Waals surface area contributed by atoms with E-state index in [0.717, 1.165) is 49.1 Å². The van der Waals surface area contributed by atoms with Gasteiger partial charge in [0.1, 0.15) is 0 Å². The smallest absolute Gasteiger partial charge is 0.416 e. The van der Waals surface area contributed by atoms with Crippen LogP contribution in [0.2, 0.25) is 0 Å². The van der Waals surface area contributed by atoms with Gasteiger partial charge in [-0.25, -0.2) is 0 Å². The van der Waals surface area contributed by atoms with Crippen LogP contribution >= 0.6 is 0 Å². The fourth-order valence-electron chi connectivity index (χ4n) is 5.15. The second-order valence-corrected chi connectivity index (χ2v) is 10.0. The van der Waals surface area contributed by atoms with E-state index in [0.29, 0.717) is 24.4 Å². The average molecular weight is 487 g/mol. The molecule has 3 rings (SSSR count). The number of hydrogen-bond acceptors (Lipinski definition) is 3. The van der Waals surface area contributed by atoms with Crippen molar-refractivity contribution in [3.05, 3.63) is 70.8 Å². The van der Waals surface area contributed by atoms with Gasteiger partial charge in [0.05, 0.1) is 17.2 Å². The van der Waals surface area contributed by atoms with Gasteiger partial charge in [-0.05, 0) is 85.4 Å². The molecule has 0 spiro atoms. The topological polar surface area (TPSA) is 64.3 Å². The van der Waals surface area contributed by atoms with Crippen molar-refractivity contribution in [2.24, 2.45) is 11.8 Å². The molecule has 1 fully saturated rings. The lowest BCUT2D eigenvalue weighted by Crippen LogP contribution is -2.43. The van der Waals surface area contributed by atoms with Crippen molar-refractivity contribution in [2.75, 3.05) is 6.54 Å². The van der Waals surface area contributed by atoms with Crippen LogP contribution in [0.1, 0.15) is 74.1 Å². The van der Waals surface area contributed by atoms with Crippen LogP contribution in [0.3, 0.4) is 0 Å². The van der Waals surface area contributed by atoms with Gasteiger partial charge in [-0.3, -0.25) is 9.69 Å². The van der Waals surface area contributed by atoms with Crippen LogP contribution in [0.5, 0.6) is 0 Å². The number of carboxylic acid groups (broad SMARTS) is 1. The molecule has 7 heteroatoms. The van der Waals surface area contributed by atoms with E-state index >= 15 is 0 Å². The molecule has 0 bridgehead atoms. The van der Waals surface area contributed by atoms with Crippen LogP contribution in [-0.2, 0) is 17.5 Å². The van der Waals surface area contributed by atoms with E-state index < -0.39 is 17.7 Å². The lowest BCUT2D eigenvalue weighted by molar-refractivity contribution is -0.139. The van der Waals surface area contributed by atoms with Gasteiger partial charge in [0.15, 0.2) is 0 Å². The summed E-state index contributed by atoms with van der Waals surface area (Å²) < 4.78 is 39.5. The van der Waals surface area contributed by atoms with E-state index in [2.05, 4.69) is 24.8 Å². The number of rotatable bonds is 9. The molecule has 0 aromatic heterocycles. The van der Waals surface area contributed by atoms with E-state index in [4.69, 9.17) is 0 Å². The Hall–Kier alpha value is -2.85. The maximum atomic E-state index is 13.2. The van der Waals surface area contributed by atoms with E-state index in [1.54, 1.807) is 18.2 Å². The zero-order valence-electron chi connectivity index (χ0n) is 20.3. The van der Waals surface area contributed by atoms with Gasteiger partial charge in [-0.2, -0.15) is 18.4 Å². The van der Waals surface area contributed by atoms with Gasteiger partial charge in [0.25, 0.3) is 0 Å². The van der Waals surface area contributed by atoms with Crippen molar-refractivity contribution < 1.29 is 23.1 Å². The van der Waals surface area contributed by atoms with Crippen LogP contribution in [-0.4, -0.2) is 28.6 Å². The Kier molecular flexibility index (Phi) is 8.96. The van der Waals surface area contributed by atoms with Crippen molar-refractivity contribution in [3.63, 3.8) is 0 Å². The molecule has 3 atom stereocenters. The molecule has 1 aliphatic carbocycles. The Balaban J connectivity index is 1.93. The summed E-state index contributed by atoms with van der Waals surface area (Å²) in [6.45, 7) is 5.77. The SMILES string of the molecule is CC(C)CCN(Cc1cccc(C#N)c1)[C@@H]1CC[C@@H](CC(=O)O)C[C@H]1c1ccc(C(F)(F)F)cc1. The van der Waals surface area contributed by atoms with E-state index in [1.165, 1.54) is 0 Å². The maximum absolute atomic E-state index is 13.2. The first kappa shape index (κ1) is 26.7. The molecule has 0 unspecified atom stereocenters. The molecule has 1 aliphatic rings. The minimum atomic E-state index is -4.40. The van der Waals surface area contributed by atoms with Gasteiger partial charge in [0.2, 0.25) is 0 Å². The van der Waals surface area contributed by atoms with Gasteiger partial charge in [-0.1, -0.05) is 38.1 Å². The third-order valence-electron chi connectivity index (χ3n) is 6.96. The highest BCUT2D eigenvalue weighted by atomic mass is 19.4. The van der Waals surface area contributed by atoms with Gasteiger partial charge < -0.3 is 5.11 Å². The molecule has 35 heavy (non-hydrogen) atoms. The van der Waals surface area contributed by atoms with Gasteiger partial charge in [-0.15, -0.1) is 0 Å². The van der Waals surface area contributed by atoms with Crippen LogP contribution in [0.4, 0.5) is 13.2 Å². The highest BCUT2D eigenvalue weighted by Gasteiger charge is 2.37. The van der Waals surface area contributed by atoms with Crippen LogP contribution < -0.4 is 0 Å². The van der Waals surface area contributed by atoms with Crippen LogP contribution in [0, 0.1) is 23.2 Å². The quantitative estimate of drug-likeness (QED) is 0.421. The Bertz CT molecular complexity index is 1030. The normalized spacial score (nSPS) is 20.7. The molecule has 2 aromatic carbocycles. The molecule has 1 saturated carbocycles. The Labute approximate surface area is 205 Å². The molecule has 0 saturated heterocycles. The summed E-state index contributed by atoms with van der Waals surface area (Å²) in [4.78, 5) is 13.8. The molecule has 1 N–H and O–H groups in total. The van der Waals surface area contributed by atoms with Crippen molar-refractivity contribution in [1.82, 2.24) is 4.90 Å². The summed E-state index contributed by atoms with van der Waals surface area (Å²) in [6.07, 6.45) is -1.19. The molecule has 0 radical (unpaired) electrons. The van der Waals surface area contributed by atoms with Gasteiger partial charge in [0, 0.05) is 19.0 Å². The highest BCUT2D eigenvalue weighted by molar-refractivity contribution is 5.67. The predicted molar refractivity (Wildman–Crippen MR) is 129 cm³/mol. The van der Waals surface area contributed by atoms with Crippen LogP contribution in [0.15, 0.2) is 48.5 Å². The summed E-state index contributed by atoms with van der Waals surface area (Å²) in [5.74, 6) is -0.438. The summed E-state index contributed by atoms with van der Waals surface area (Å²) in [6, 6.07) is 15.1. The molecule has 2 aromatic rings. The summed E-state index contributed by atoms with van der Waals surface area (Å²) in [5, 5.41) is 18.7. The number of carboxylic acids is 1. The molecule has 0 amide bonds. The van der Waals surface area contributed by atoms with E-state index in [-0.39, 0.29) is 24.3 Å². The molecule has 0 aliphatic heterocycles. The highest BCUT2D eigenvalue weighted by Crippen LogP contribution is 2.42. The fraction of sp³-hybridized carbons (Fsp3) is 0.500. The monoisotopic (exact) mass is 486 g/mol. The number of aliphatic carboxylic acids is 1. The van der Waals surface area contributed by atoms with Crippen molar-refractivity contribution in [1.29, 1.82) is 5.26 Å². The Morgan fingerprint density at radius 2 is 1.89 bits per heavy atom. The number of alkyl halides is 3. The second-order valence-electron chi connectivity index (χ2n) is 10.0. The summed E-state index contributed by atoms with van der Waals surface area (Å²) in [5.41, 5.74) is 1.75. The Morgan fingerprint density at radius 1 is 1.17 bits per heavy atom. The number of halogens is 3. The first-order valence-corrected chi connectivity index (χ1v) is 12.2. The first-order chi connectivity index (χ1) is 16.6. The minimum absolute atomic E-state index is 0.00934. The van der Waals surface area contributed by atoms with Crippen LogP contribution in [0.25, 0.3) is 0 Å². The Morgan fingerprint density at radius 3 is 2.49 bits per heavy atom. The second kappa shape index (κ2) is 11.7. The maximum Gasteiger partial charge on any atom is 0.416 e. The number of hydrogen-bond donors (Lipinski definition) is 1.